The van der Waals surface area contributed by atoms with Crippen LogP contribution in [0.15, 0.2) is 18.5 Å². The zero-order valence-electron chi connectivity index (χ0n) is 8.98. The van der Waals surface area contributed by atoms with Crippen LogP contribution in [-0.2, 0) is 15.1 Å². The van der Waals surface area contributed by atoms with Crippen molar-refractivity contribution in [3.8, 4) is 0 Å². The highest BCUT2D eigenvalue weighted by Crippen LogP contribution is 2.41. The summed E-state index contributed by atoms with van der Waals surface area (Å²) in [7, 11) is 0. The first-order valence-electron chi connectivity index (χ1n) is 5.42. The van der Waals surface area contributed by atoms with Gasteiger partial charge < -0.3 is 4.74 Å². The molecule has 1 aliphatic rings. The standard InChI is InChI=1S/C11H16N2O2/c1-2-15-10(14)9-11(5-3-6-11)13-8-4-7-12-13/h4,7-8H,2-3,5-6,9H2,1H3. The number of carbonyl (C=O) groups is 1. The molecule has 0 spiro atoms. The Hall–Kier alpha value is -1.32. The molecule has 4 heteroatoms. The van der Waals surface area contributed by atoms with Crippen molar-refractivity contribution < 1.29 is 9.53 Å². The molecule has 0 unspecified atom stereocenters. The molecule has 1 aliphatic carbocycles. The molecular formula is C11H16N2O2. The number of rotatable bonds is 4. The second-order valence-corrected chi connectivity index (χ2v) is 4.01. The maximum absolute atomic E-state index is 11.5. The van der Waals surface area contributed by atoms with Gasteiger partial charge in [-0.2, -0.15) is 5.10 Å². The molecule has 1 saturated carbocycles. The summed E-state index contributed by atoms with van der Waals surface area (Å²) in [6, 6.07) is 1.89. The minimum absolute atomic E-state index is 0.101. The van der Waals surface area contributed by atoms with E-state index in [1.165, 1.54) is 6.42 Å². The Morgan fingerprint density at radius 2 is 2.40 bits per heavy atom. The van der Waals surface area contributed by atoms with Gasteiger partial charge in [0.25, 0.3) is 0 Å². The third kappa shape index (κ3) is 1.89. The third-order valence-electron chi connectivity index (χ3n) is 3.05. The molecule has 0 aliphatic heterocycles. The van der Waals surface area contributed by atoms with Crippen molar-refractivity contribution in [2.45, 2.75) is 38.1 Å². The maximum Gasteiger partial charge on any atom is 0.308 e. The number of nitrogens with zero attached hydrogens (tertiary/aromatic N) is 2. The lowest BCUT2D eigenvalue weighted by molar-refractivity contribution is -0.147. The van der Waals surface area contributed by atoms with Crippen LogP contribution in [0.25, 0.3) is 0 Å². The summed E-state index contributed by atoms with van der Waals surface area (Å²) in [5, 5.41) is 4.23. The molecule has 0 radical (unpaired) electrons. The van der Waals surface area contributed by atoms with Crippen LogP contribution in [0.3, 0.4) is 0 Å². The normalized spacial score (nSPS) is 18.2. The molecular weight excluding hydrogens is 192 g/mol. The second kappa shape index (κ2) is 4.04. The lowest BCUT2D eigenvalue weighted by atomic mass is 9.74. The Morgan fingerprint density at radius 3 is 2.87 bits per heavy atom. The first-order valence-corrected chi connectivity index (χ1v) is 5.42. The van der Waals surface area contributed by atoms with E-state index in [2.05, 4.69) is 5.10 Å². The molecule has 0 bridgehead atoms. The highest BCUT2D eigenvalue weighted by atomic mass is 16.5. The molecule has 1 fully saturated rings. The molecule has 1 heterocycles. The molecule has 4 nitrogen and oxygen atoms in total. The van der Waals surface area contributed by atoms with E-state index in [1.807, 2.05) is 23.9 Å². The number of ether oxygens (including phenoxy) is 1. The van der Waals surface area contributed by atoms with E-state index in [0.29, 0.717) is 13.0 Å². The van der Waals surface area contributed by atoms with Crippen LogP contribution in [0, 0.1) is 0 Å². The molecule has 0 N–H and O–H groups in total. The molecule has 2 rings (SSSR count). The fraction of sp³-hybridized carbons (Fsp3) is 0.636. The second-order valence-electron chi connectivity index (χ2n) is 4.01. The van der Waals surface area contributed by atoms with Crippen LogP contribution in [0.1, 0.15) is 32.6 Å². The van der Waals surface area contributed by atoms with E-state index in [4.69, 9.17) is 4.74 Å². The van der Waals surface area contributed by atoms with Crippen LogP contribution in [0.2, 0.25) is 0 Å². The fourth-order valence-corrected chi connectivity index (χ4v) is 2.10. The van der Waals surface area contributed by atoms with Gasteiger partial charge >= 0.3 is 5.97 Å². The van der Waals surface area contributed by atoms with Gasteiger partial charge in [-0.05, 0) is 32.3 Å². The Bertz CT molecular complexity index is 328. The smallest absolute Gasteiger partial charge is 0.308 e. The highest BCUT2D eigenvalue weighted by molar-refractivity contribution is 5.70. The Kier molecular flexibility index (Phi) is 2.75. The van der Waals surface area contributed by atoms with Gasteiger partial charge in [-0.15, -0.1) is 0 Å². The molecule has 0 amide bonds. The third-order valence-corrected chi connectivity index (χ3v) is 3.05. The van der Waals surface area contributed by atoms with Gasteiger partial charge in [0.15, 0.2) is 0 Å². The summed E-state index contributed by atoms with van der Waals surface area (Å²) < 4.78 is 6.90. The zero-order valence-corrected chi connectivity index (χ0v) is 8.98. The van der Waals surface area contributed by atoms with Gasteiger partial charge in [-0.1, -0.05) is 0 Å². The van der Waals surface area contributed by atoms with Crippen LogP contribution in [-0.4, -0.2) is 22.4 Å². The molecule has 1 aromatic rings. The molecule has 15 heavy (non-hydrogen) atoms. The van der Waals surface area contributed by atoms with Crippen LogP contribution in [0.4, 0.5) is 0 Å². The molecule has 1 aromatic heterocycles. The van der Waals surface area contributed by atoms with E-state index in [9.17, 15) is 4.79 Å². The van der Waals surface area contributed by atoms with Gasteiger partial charge in [0.2, 0.25) is 0 Å². The summed E-state index contributed by atoms with van der Waals surface area (Å²) in [5.41, 5.74) is -0.101. The average Bonchev–Trinajstić information content (AvgIpc) is 2.64. The van der Waals surface area contributed by atoms with Crippen molar-refractivity contribution in [3.63, 3.8) is 0 Å². The monoisotopic (exact) mass is 208 g/mol. The minimum Gasteiger partial charge on any atom is -0.466 e. The van der Waals surface area contributed by atoms with Crippen LogP contribution < -0.4 is 0 Å². The number of esters is 1. The van der Waals surface area contributed by atoms with Gasteiger partial charge in [0.1, 0.15) is 0 Å². The average molecular weight is 208 g/mol. The van der Waals surface area contributed by atoms with Gasteiger partial charge in [0.05, 0.1) is 18.6 Å². The lowest BCUT2D eigenvalue weighted by Crippen LogP contribution is -2.43. The summed E-state index contributed by atoms with van der Waals surface area (Å²) >= 11 is 0. The minimum atomic E-state index is -0.118. The van der Waals surface area contributed by atoms with E-state index in [1.54, 1.807) is 6.20 Å². The zero-order chi connectivity index (χ0) is 10.7. The Balaban J connectivity index is 2.06. The number of hydrogen-bond acceptors (Lipinski definition) is 3. The van der Waals surface area contributed by atoms with Crippen molar-refractivity contribution in [1.82, 2.24) is 9.78 Å². The topological polar surface area (TPSA) is 44.1 Å². The van der Waals surface area contributed by atoms with Crippen molar-refractivity contribution in [2.75, 3.05) is 6.61 Å². The number of hydrogen-bond donors (Lipinski definition) is 0. The largest absolute Gasteiger partial charge is 0.466 e. The van der Waals surface area contributed by atoms with Gasteiger partial charge in [-0.3, -0.25) is 9.48 Å². The van der Waals surface area contributed by atoms with E-state index in [0.717, 1.165) is 12.8 Å². The predicted molar refractivity (Wildman–Crippen MR) is 55.3 cm³/mol. The van der Waals surface area contributed by atoms with Gasteiger partial charge in [0, 0.05) is 12.4 Å². The first kappa shape index (κ1) is 10.2. The van der Waals surface area contributed by atoms with Crippen molar-refractivity contribution in [2.24, 2.45) is 0 Å². The fourth-order valence-electron chi connectivity index (χ4n) is 2.10. The summed E-state index contributed by atoms with van der Waals surface area (Å²) in [6.07, 6.45) is 7.34. The summed E-state index contributed by atoms with van der Waals surface area (Å²) in [5.74, 6) is -0.118. The van der Waals surface area contributed by atoms with E-state index in [-0.39, 0.29) is 11.5 Å². The quantitative estimate of drug-likeness (QED) is 0.707. The lowest BCUT2D eigenvalue weighted by Gasteiger charge is -2.41. The van der Waals surface area contributed by atoms with Gasteiger partial charge in [-0.25, -0.2) is 0 Å². The Morgan fingerprint density at radius 1 is 1.60 bits per heavy atom. The number of carbonyl (C=O) groups excluding carboxylic acids is 1. The summed E-state index contributed by atoms with van der Waals surface area (Å²) in [6.45, 7) is 2.28. The molecule has 82 valence electrons. The van der Waals surface area contributed by atoms with Crippen molar-refractivity contribution >= 4 is 5.97 Å². The number of aromatic nitrogens is 2. The Labute approximate surface area is 89.2 Å². The molecule has 0 aromatic carbocycles. The molecule has 0 saturated heterocycles. The highest BCUT2D eigenvalue weighted by Gasteiger charge is 2.41. The molecule has 0 atom stereocenters. The van der Waals surface area contributed by atoms with Crippen molar-refractivity contribution in [1.29, 1.82) is 0 Å². The predicted octanol–water partition coefficient (Wildman–Crippen LogP) is 1.72. The first-order chi connectivity index (χ1) is 7.27. The van der Waals surface area contributed by atoms with Crippen LogP contribution in [0.5, 0.6) is 0 Å². The SMILES string of the molecule is CCOC(=O)CC1(n2cccn2)CCC1. The van der Waals surface area contributed by atoms with Crippen LogP contribution >= 0.6 is 0 Å². The van der Waals surface area contributed by atoms with E-state index < -0.39 is 0 Å². The maximum atomic E-state index is 11.5. The van der Waals surface area contributed by atoms with Crippen molar-refractivity contribution in [3.05, 3.63) is 18.5 Å². The van der Waals surface area contributed by atoms with E-state index >= 15 is 0 Å². The summed E-state index contributed by atoms with van der Waals surface area (Å²) in [4.78, 5) is 11.5.